The van der Waals surface area contributed by atoms with Crippen LogP contribution >= 0.6 is 11.6 Å². The summed E-state index contributed by atoms with van der Waals surface area (Å²) >= 11 is 6.08. The quantitative estimate of drug-likeness (QED) is 0.702. The van der Waals surface area contributed by atoms with Gasteiger partial charge in [0.25, 0.3) is 5.91 Å². The Morgan fingerprint density at radius 1 is 1.07 bits per heavy atom. The number of aromatic nitrogens is 2. The first-order valence-electron chi connectivity index (χ1n) is 8.19. The van der Waals surface area contributed by atoms with Crippen molar-refractivity contribution in [2.45, 2.75) is 6.54 Å². The molecule has 1 aromatic heterocycles. The number of hydrogen-bond acceptors (Lipinski definition) is 6. The first kappa shape index (κ1) is 17.1. The summed E-state index contributed by atoms with van der Waals surface area (Å²) < 4.78 is 10.6. The fourth-order valence-electron chi connectivity index (χ4n) is 2.54. The normalized spacial score (nSPS) is 11.9. The van der Waals surface area contributed by atoms with Crippen LogP contribution in [0.5, 0.6) is 11.5 Å². The number of benzene rings is 2. The van der Waals surface area contributed by atoms with E-state index in [9.17, 15) is 4.79 Å². The van der Waals surface area contributed by atoms with Gasteiger partial charge in [-0.2, -0.15) is 0 Å². The monoisotopic (exact) mass is 382 g/mol. The van der Waals surface area contributed by atoms with E-state index in [1.165, 1.54) is 12.4 Å². The predicted molar refractivity (Wildman–Crippen MR) is 101 cm³/mol. The minimum atomic E-state index is -0.322. The van der Waals surface area contributed by atoms with Crippen molar-refractivity contribution in [2.24, 2.45) is 0 Å². The number of halogens is 1. The van der Waals surface area contributed by atoms with Gasteiger partial charge < -0.3 is 20.1 Å². The molecule has 2 N–H and O–H groups in total. The fraction of sp³-hybridized carbons (Fsp3) is 0.105. The summed E-state index contributed by atoms with van der Waals surface area (Å²) in [5.41, 5.74) is 1.84. The van der Waals surface area contributed by atoms with Crippen LogP contribution in [0.15, 0.2) is 54.9 Å². The van der Waals surface area contributed by atoms with E-state index in [4.69, 9.17) is 21.1 Å². The van der Waals surface area contributed by atoms with E-state index in [1.807, 2.05) is 36.4 Å². The number of ether oxygens (including phenoxy) is 2. The molecule has 0 radical (unpaired) electrons. The molecule has 0 saturated carbocycles. The van der Waals surface area contributed by atoms with Crippen LogP contribution in [0.1, 0.15) is 16.1 Å². The Kier molecular flexibility index (Phi) is 4.76. The third kappa shape index (κ3) is 3.93. The second-order valence-corrected chi connectivity index (χ2v) is 6.16. The van der Waals surface area contributed by atoms with Crippen LogP contribution in [-0.4, -0.2) is 22.7 Å². The molecule has 4 rings (SSSR count). The summed E-state index contributed by atoms with van der Waals surface area (Å²) in [5, 5.41) is 6.49. The smallest absolute Gasteiger partial charge is 0.271 e. The molecule has 0 unspecified atom stereocenters. The number of nitrogens with one attached hydrogen (secondary N) is 2. The zero-order valence-electron chi connectivity index (χ0n) is 14.1. The van der Waals surface area contributed by atoms with Gasteiger partial charge in [-0.05, 0) is 23.8 Å². The minimum absolute atomic E-state index is 0.219. The molecule has 0 fully saturated rings. The number of amides is 1. The highest BCUT2D eigenvalue weighted by Crippen LogP contribution is 2.34. The van der Waals surface area contributed by atoms with E-state index in [-0.39, 0.29) is 18.4 Å². The molecule has 7 nitrogen and oxygen atoms in total. The summed E-state index contributed by atoms with van der Waals surface area (Å²) in [7, 11) is 0. The van der Waals surface area contributed by atoms with E-state index >= 15 is 0 Å². The van der Waals surface area contributed by atoms with Gasteiger partial charge in [0.1, 0.15) is 11.5 Å². The Hall–Kier alpha value is -3.32. The van der Waals surface area contributed by atoms with Crippen molar-refractivity contribution in [3.63, 3.8) is 0 Å². The van der Waals surface area contributed by atoms with Crippen LogP contribution in [-0.2, 0) is 6.54 Å². The van der Waals surface area contributed by atoms with Gasteiger partial charge in [0.05, 0.1) is 12.4 Å². The molecule has 1 aliphatic rings. The maximum atomic E-state index is 12.2. The minimum Gasteiger partial charge on any atom is -0.454 e. The number of hydrogen-bond donors (Lipinski definition) is 2. The molecule has 0 aliphatic carbocycles. The molecule has 136 valence electrons. The van der Waals surface area contributed by atoms with Crippen molar-refractivity contribution in [3.05, 3.63) is 71.1 Å². The standard InChI is InChI=1S/C19H15ClN4O3/c20-14-4-2-1-3-12(14)8-23-19(25)15-9-22-18(10-21-15)24-13-5-6-16-17(7-13)27-11-26-16/h1-7,9-10H,8,11H2,(H,22,24)(H,23,25). The summed E-state index contributed by atoms with van der Waals surface area (Å²) in [6.45, 7) is 0.536. The van der Waals surface area contributed by atoms with Crippen LogP contribution in [0.25, 0.3) is 0 Å². The Balaban J connectivity index is 1.38. The SMILES string of the molecule is O=C(NCc1ccccc1Cl)c1cnc(Nc2ccc3c(c2)OCO3)cn1. The number of carbonyl (C=O) groups excluding carboxylic acids is 1. The second kappa shape index (κ2) is 7.51. The van der Waals surface area contributed by atoms with Crippen molar-refractivity contribution in [2.75, 3.05) is 12.1 Å². The highest BCUT2D eigenvalue weighted by molar-refractivity contribution is 6.31. The van der Waals surface area contributed by atoms with Gasteiger partial charge in [-0.25, -0.2) is 9.97 Å². The predicted octanol–water partition coefficient (Wildman–Crippen LogP) is 3.53. The van der Waals surface area contributed by atoms with Gasteiger partial charge in [0.15, 0.2) is 11.5 Å². The highest BCUT2D eigenvalue weighted by atomic mass is 35.5. The molecule has 0 spiro atoms. The lowest BCUT2D eigenvalue weighted by molar-refractivity contribution is 0.0945. The molecule has 0 atom stereocenters. The van der Waals surface area contributed by atoms with Crippen LogP contribution < -0.4 is 20.1 Å². The number of rotatable bonds is 5. The van der Waals surface area contributed by atoms with Crippen molar-refractivity contribution in [3.8, 4) is 11.5 Å². The van der Waals surface area contributed by atoms with Gasteiger partial charge in [-0.3, -0.25) is 4.79 Å². The lowest BCUT2D eigenvalue weighted by Gasteiger charge is -2.08. The maximum Gasteiger partial charge on any atom is 0.271 e. The average molecular weight is 383 g/mol. The highest BCUT2D eigenvalue weighted by Gasteiger charge is 2.14. The average Bonchev–Trinajstić information content (AvgIpc) is 3.15. The molecule has 27 heavy (non-hydrogen) atoms. The molecule has 2 heterocycles. The van der Waals surface area contributed by atoms with Gasteiger partial charge >= 0.3 is 0 Å². The van der Waals surface area contributed by atoms with E-state index in [0.717, 1.165) is 11.3 Å². The Labute approximate surface area is 160 Å². The topological polar surface area (TPSA) is 85.4 Å². The molecular weight excluding hydrogens is 368 g/mol. The molecule has 0 bridgehead atoms. The van der Waals surface area contributed by atoms with Crippen molar-refractivity contribution in [1.29, 1.82) is 0 Å². The molecule has 3 aromatic rings. The third-order valence-corrected chi connectivity index (χ3v) is 4.30. The number of nitrogens with zero attached hydrogens (tertiary/aromatic N) is 2. The summed E-state index contributed by atoms with van der Waals surface area (Å²) in [6.07, 6.45) is 2.91. The Bertz CT molecular complexity index is 979. The van der Waals surface area contributed by atoms with Gasteiger partial charge in [0, 0.05) is 23.3 Å². The first-order chi connectivity index (χ1) is 13.2. The third-order valence-electron chi connectivity index (χ3n) is 3.93. The number of carbonyl (C=O) groups is 1. The van der Waals surface area contributed by atoms with Crippen LogP contribution in [0.3, 0.4) is 0 Å². The maximum absolute atomic E-state index is 12.2. The molecule has 2 aromatic carbocycles. The number of fused-ring (bicyclic) bond motifs is 1. The summed E-state index contributed by atoms with van der Waals surface area (Å²) in [6, 6.07) is 12.8. The first-order valence-corrected chi connectivity index (χ1v) is 8.57. The van der Waals surface area contributed by atoms with Gasteiger partial charge in [-0.1, -0.05) is 29.8 Å². The largest absolute Gasteiger partial charge is 0.454 e. The van der Waals surface area contributed by atoms with Crippen LogP contribution in [0.4, 0.5) is 11.5 Å². The van der Waals surface area contributed by atoms with Crippen molar-refractivity contribution >= 4 is 29.0 Å². The second-order valence-electron chi connectivity index (χ2n) is 5.75. The number of anilines is 2. The molecule has 1 aliphatic heterocycles. The fourth-order valence-corrected chi connectivity index (χ4v) is 2.74. The molecule has 8 heteroatoms. The Morgan fingerprint density at radius 2 is 1.93 bits per heavy atom. The van der Waals surface area contributed by atoms with Crippen molar-refractivity contribution < 1.29 is 14.3 Å². The van der Waals surface area contributed by atoms with E-state index in [1.54, 1.807) is 6.07 Å². The summed E-state index contributed by atoms with van der Waals surface area (Å²) in [4.78, 5) is 20.6. The van der Waals surface area contributed by atoms with Gasteiger partial charge in [0.2, 0.25) is 6.79 Å². The molecule has 1 amide bonds. The van der Waals surface area contributed by atoms with Crippen molar-refractivity contribution in [1.82, 2.24) is 15.3 Å². The zero-order valence-corrected chi connectivity index (χ0v) is 14.9. The lowest BCUT2D eigenvalue weighted by atomic mass is 10.2. The Morgan fingerprint density at radius 3 is 2.74 bits per heavy atom. The molecular formula is C19H15ClN4O3. The lowest BCUT2D eigenvalue weighted by Crippen LogP contribution is -2.24. The summed E-state index contributed by atoms with van der Waals surface area (Å²) in [5.74, 6) is 1.56. The van der Waals surface area contributed by atoms with E-state index in [2.05, 4.69) is 20.6 Å². The van der Waals surface area contributed by atoms with E-state index < -0.39 is 0 Å². The van der Waals surface area contributed by atoms with Gasteiger partial charge in [-0.15, -0.1) is 0 Å². The zero-order chi connectivity index (χ0) is 18.6. The van der Waals surface area contributed by atoms with Crippen LogP contribution in [0, 0.1) is 0 Å². The molecule has 0 saturated heterocycles. The van der Waals surface area contributed by atoms with Crippen LogP contribution in [0.2, 0.25) is 5.02 Å². The van der Waals surface area contributed by atoms with E-state index in [0.29, 0.717) is 28.9 Å².